The van der Waals surface area contributed by atoms with Crippen LogP contribution in [0, 0.1) is 0 Å². The van der Waals surface area contributed by atoms with E-state index < -0.39 is 5.54 Å². The van der Waals surface area contributed by atoms with Crippen molar-refractivity contribution in [2.75, 3.05) is 0 Å². The molecule has 3 N–H and O–H groups in total. The first kappa shape index (κ1) is 10.9. The summed E-state index contributed by atoms with van der Waals surface area (Å²) in [6.07, 6.45) is 8.39. The van der Waals surface area contributed by atoms with Crippen molar-refractivity contribution in [1.82, 2.24) is 5.48 Å². The first-order valence-electron chi connectivity index (χ1n) is 5.96. The Morgan fingerprint density at radius 2 is 1.80 bits per heavy atom. The lowest BCUT2D eigenvalue weighted by molar-refractivity contribution is -0.143. The Morgan fingerprint density at radius 1 is 1.20 bits per heavy atom. The van der Waals surface area contributed by atoms with E-state index in [2.05, 4.69) is 5.48 Å². The maximum Gasteiger partial charge on any atom is 0.263 e. The van der Waals surface area contributed by atoms with Gasteiger partial charge in [-0.2, -0.15) is 0 Å². The van der Waals surface area contributed by atoms with Crippen molar-refractivity contribution in [3.05, 3.63) is 0 Å². The van der Waals surface area contributed by atoms with E-state index >= 15 is 0 Å². The quantitative estimate of drug-likeness (QED) is 0.692. The molecule has 0 aromatic heterocycles. The summed E-state index contributed by atoms with van der Waals surface area (Å²) in [5.74, 6) is -0.132. The van der Waals surface area contributed by atoms with E-state index in [9.17, 15) is 4.79 Å². The van der Waals surface area contributed by atoms with Crippen LogP contribution in [0.15, 0.2) is 0 Å². The Bertz CT molecular complexity index is 231. The number of hydrogen-bond donors (Lipinski definition) is 2. The highest BCUT2D eigenvalue weighted by Gasteiger charge is 2.37. The molecule has 0 aromatic carbocycles. The first-order chi connectivity index (χ1) is 7.21. The smallest absolute Gasteiger partial charge is 0.263 e. The minimum atomic E-state index is -0.668. The normalized spacial score (nSPS) is 25.7. The molecule has 0 aromatic rings. The third kappa shape index (κ3) is 2.49. The van der Waals surface area contributed by atoms with Crippen molar-refractivity contribution in [3.8, 4) is 0 Å². The maximum absolute atomic E-state index is 11.8. The standard InChI is InChI=1S/C11H20N2O2/c12-11(7-3-4-8-11)10(14)13-15-9-5-1-2-6-9/h9H,1-8,12H2,(H,13,14). The summed E-state index contributed by atoms with van der Waals surface area (Å²) < 4.78 is 0. The highest BCUT2D eigenvalue weighted by molar-refractivity contribution is 5.85. The van der Waals surface area contributed by atoms with Gasteiger partial charge in [-0.15, -0.1) is 0 Å². The number of carbonyl (C=O) groups excluding carboxylic acids is 1. The predicted octanol–water partition coefficient (Wildman–Crippen LogP) is 1.25. The number of nitrogens with one attached hydrogen (secondary N) is 1. The Kier molecular flexibility index (Phi) is 3.26. The lowest BCUT2D eigenvalue weighted by Gasteiger charge is -2.23. The van der Waals surface area contributed by atoms with Gasteiger partial charge in [0.25, 0.3) is 5.91 Å². The Balaban J connectivity index is 1.76. The molecule has 4 heteroatoms. The summed E-state index contributed by atoms with van der Waals surface area (Å²) in [4.78, 5) is 17.1. The molecule has 2 aliphatic rings. The van der Waals surface area contributed by atoms with E-state index in [0.717, 1.165) is 38.5 Å². The first-order valence-corrected chi connectivity index (χ1v) is 5.96. The molecule has 0 saturated heterocycles. The molecule has 0 spiro atoms. The molecule has 2 aliphatic carbocycles. The van der Waals surface area contributed by atoms with E-state index in [1.54, 1.807) is 0 Å². The summed E-state index contributed by atoms with van der Waals surface area (Å²) in [6.45, 7) is 0. The lowest BCUT2D eigenvalue weighted by Crippen LogP contribution is -2.52. The second kappa shape index (κ2) is 4.49. The Morgan fingerprint density at radius 3 is 2.40 bits per heavy atom. The molecule has 2 rings (SSSR count). The molecule has 0 atom stereocenters. The van der Waals surface area contributed by atoms with Gasteiger partial charge in [-0.25, -0.2) is 5.48 Å². The van der Waals surface area contributed by atoms with Gasteiger partial charge in [0.15, 0.2) is 0 Å². The van der Waals surface area contributed by atoms with Gasteiger partial charge >= 0.3 is 0 Å². The SMILES string of the molecule is NC1(C(=O)NOC2CCCC2)CCCC1. The van der Waals surface area contributed by atoms with Gasteiger partial charge < -0.3 is 5.73 Å². The minimum Gasteiger partial charge on any atom is -0.317 e. The van der Waals surface area contributed by atoms with Crippen LogP contribution in [0.1, 0.15) is 51.4 Å². The molecular weight excluding hydrogens is 192 g/mol. The predicted molar refractivity (Wildman–Crippen MR) is 56.9 cm³/mol. The second-order valence-corrected chi connectivity index (χ2v) is 4.82. The highest BCUT2D eigenvalue weighted by Crippen LogP contribution is 2.27. The number of amides is 1. The van der Waals surface area contributed by atoms with Crippen molar-refractivity contribution in [2.24, 2.45) is 5.73 Å². The molecule has 0 radical (unpaired) electrons. The van der Waals surface area contributed by atoms with Crippen LogP contribution in [0.3, 0.4) is 0 Å². The number of hydroxylamine groups is 1. The molecule has 86 valence electrons. The average Bonchev–Trinajstić information content (AvgIpc) is 2.85. The summed E-state index contributed by atoms with van der Waals surface area (Å²) in [6, 6.07) is 0. The molecule has 0 heterocycles. The van der Waals surface area contributed by atoms with Crippen LogP contribution in [0.25, 0.3) is 0 Å². The fourth-order valence-corrected chi connectivity index (χ4v) is 2.48. The summed E-state index contributed by atoms with van der Waals surface area (Å²) in [7, 11) is 0. The summed E-state index contributed by atoms with van der Waals surface area (Å²) in [5.41, 5.74) is 7.87. The van der Waals surface area contributed by atoms with Crippen molar-refractivity contribution < 1.29 is 9.63 Å². The third-order valence-corrected chi connectivity index (χ3v) is 3.57. The van der Waals surface area contributed by atoms with Gasteiger partial charge in [0.2, 0.25) is 0 Å². The van der Waals surface area contributed by atoms with Crippen LogP contribution in [-0.4, -0.2) is 17.6 Å². The van der Waals surface area contributed by atoms with Crippen LogP contribution in [0.4, 0.5) is 0 Å². The molecule has 0 bridgehead atoms. The van der Waals surface area contributed by atoms with Crippen LogP contribution in [0.5, 0.6) is 0 Å². The molecular formula is C11H20N2O2. The molecule has 15 heavy (non-hydrogen) atoms. The van der Waals surface area contributed by atoms with Crippen molar-refractivity contribution in [3.63, 3.8) is 0 Å². The molecule has 4 nitrogen and oxygen atoms in total. The van der Waals surface area contributed by atoms with E-state index in [-0.39, 0.29) is 12.0 Å². The monoisotopic (exact) mass is 212 g/mol. The largest absolute Gasteiger partial charge is 0.317 e. The van der Waals surface area contributed by atoms with E-state index in [0.29, 0.717) is 0 Å². The summed E-state index contributed by atoms with van der Waals surface area (Å²) >= 11 is 0. The zero-order chi connectivity index (χ0) is 10.7. The molecule has 0 aliphatic heterocycles. The van der Waals surface area contributed by atoms with Crippen molar-refractivity contribution in [2.45, 2.75) is 63.0 Å². The maximum atomic E-state index is 11.8. The van der Waals surface area contributed by atoms with E-state index in [4.69, 9.17) is 10.6 Å². The molecule has 0 unspecified atom stereocenters. The molecule has 2 fully saturated rings. The van der Waals surface area contributed by atoms with Gasteiger partial charge in [0, 0.05) is 0 Å². The van der Waals surface area contributed by atoms with Crippen molar-refractivity contribution in [1.29, 1.82) is 0 Å². The average molecular weight is 212 g/mol. The second-order valence-electron chi connectivity index (χ2n) is 4.82. The van der Waals surface area contributed by atoms with Crippen LogP contribution in [0.2, 0.25) is 0 Å². The van der Waals surface area contributed by atoms with Crippen molar-refractivity contribution >= 4 is 5.91 Å². The van der Waals surface area contributed by atoms with Gasteiger partial charge in [-0.1, -0.05) is 25.7 Å². The van der Waals surface area contributed by atoms with Crippen LogP contribution < -0.4 is 11.2 Å². The third-order valence-electron chi connectivity index (χ3n) is 3.57. The van der Waals surface area contributed by atoms with Crippen LogP contribution >= 0.6 is 0 Å². The zero-order valence-electron chi connectivity index (χ0n) is 9.13. The molecule has 1 amide bonds. The van der Waals surface area contributed by atoms with E-state index in [1.165, 1.54) is 12.8 Å². The fraction of sp³-hybridized carbons (Fsp3) is 0.909. The van der Waals surface area contributed by atoms with Gasteiger partial charge in [-0.3, -0.25) is 9.63 Å². The lowest BCUT2D eigenvalue weighted by atomic mass is 9.99. The summed E-state index contributed by atoms with van der Waals surface area (Å²) in [5, 5.41) is 0. The van der Waals surface area contributed by atoms with E-state index in [1.807, 2.05) is 0 Å². The Labute approximate surface area is 90.5 Å². The number of nitrogens with two attached hydrogens (primary N) is 1. The minimum absolute atomic E-state index is 0.132. The zero-order valence-corrected chi connectivity index (χ0v) is 9.13. The Hall–Kier alpha value is -0.610. The van der Waals surface area contributed by atoms with Crippen LogP contribution in [-0.2, 0) is 9.63 Å². The molecule has 2 saturated carbocycles. The fourth-order valence-electron chi connectivity index (χ4n) is 2.48. The van der Waals surface area contributed by atoms with Gasteiger partial charge in [-0.05, 0) is 25.7 Å². The topological polar surface area (TPSA) is 64.4 Å². The van der Waals surface area contributed by atoms with Gasteiger partial charge in [0.1, 0.15) is 0 Å². The number of carbonyl (C=O) groups is 1. The van der Waals surface area contributed by atoms with Gasteiger partial charge in [0.05, 0.1) is 11.6 Å². The number of hydrogen-bond acceptors (Lipinski definition) is 3. The highest BCUT2D eigenvalue weighted by atomic mass is 16.7. The number of rotatable bonds is 3.